The minimum Gasteiger partial charge on any atom is -0.756 e. The van der Waals surface area contributed by atoms with E-state index in [0.717, 1.165) is 25.7 Å². The van der Waals surface area contributed by atoms with E-state index in [1.54, 1.807) is 0 Å². The third kappa shape index (κ3) is 41.1. The Balaban J connectivity index is 4.28. The molecule has 0 aliphatic rings. The van der Waals surface area contributed by atoms with Crippen LogP contribution in [-0.2, 0) is 23.1 Å². The van der Waals surface area contributed by atoms with Crippen LogP contribution in [0.1, 0.15) is 207 Å². The highest BCUT2D eigenvalue weighted by Gasteiger charge is 2.24. The van der Waals surface area contributed by atoms with E-state index < -0.39 is 20.0 Å². The Hall–Kier alpha value is -0.530. The van der Waals surface area contributed by atoms with E-state index >= 15 is 0 Å². The average Bonchev–Trinajstić information content (AvgIpc) is 3.13. The van der Waals surface area contributed by atoms with Crippen molar-refractivity contribution in [1.82, 2.24) is 0 Å². The molecule has 0 saturated heterocycles. The molecule has 0 fully saturated rings. The summed E-state index contributed by atoms with van der Waals surface area (Å²) in [5.74, 6) is 0. The van der Waals surface area contributed by atoms with Crippen LogP contribution in [-0.4, -0.2) is 70.8 Å². The molecule has 0 aromatic carbocycles. The molecular formula is C46H92NO6P. The summed E-state index contributed by atoms with van der Waals surface area (Å²) in [5.41, 5.74) is 0. The van der Waals surface area contributed by atoms with Crippen molar-refractivity contribution in [3.05, 3.63) is 24.3 Å². The van der Waals surface area contributed by atoms with Gasteiger partial charge in [-0.05, 0) is 70.6 Å². The molecule has 322 valence electrons. The highest BCUT2D eigenvalue weighted by Crippen LogP contribution is 2.41. The van der Waals surface area contributed by atoms with Crippen LogP contribution in [0.25, 0.3) is 0 Å². The molecule has 0 saturated carbocycles. The fourth-order valence-corrected chi connectivity index (χ4v) is 7.64. The SMILES string of the molecule is CCCCCCCC/C=C\CCCCCCCCOC[C@H](COP(=O)([O-])OC(CC)C[N+](C)(C)C)OCCCCCCCC/C=C\CCCCCCCC. The van der Waals surface area contributed by atoms with Gasteiger partial charge in [0.2, 0.25) is 0 Å². The first-order valence-corrected chi connectivity index (χ1v) is 24.5. The molecule has 0 aliphatic heterocycles. The molecule has 7 nitrogen and oxygen atoms in total. The van der Waals surface area contributed by atoms with Crippen molar-refractivity contribution in [2.75, 3.05) is 54.1 Å². The van der Waals surface area contributed by atoms with Gasteiger partial charge in [0, 0.05) is 13.2 Å². The predicted octanol–water partition coefficient (Wildman–Crippen LogP) is 13.4. The molecule has 54 heavy (non-hydrogen) atoms. The van der Waals surface area contributed by atoms with Crippen LogP contribution in [0.2, 0.25) is 0 Å². The first-order valence-electron chi connectivity index (χ1n) is 23.1. The molecule has 0 rings (SSSR count). The molecule has 0 heterocycles. The highest BCUT2D eigenvalue weighted by molar-refractivity contribution is 7.45. The van der Waals surface area contributed by atoms with E-state index in [-0.39, 0.29) is 6.61 Å². The lowest BCUT2D eigenvalue weighted by Gasteiger charge is -2.33. The van der Waals surface area contributed by atoms with E-state index in [1.165, 1.54) is 154 Å². The largest absolute Gasteiger partial charge is 0.756 e. The van der Waals surface area contributed by atoms with Gasteiger partial charge in [0.1, 0.15) is 18.8 Å². The Morgan fingerprint density at radius 2 is 0.907 bits per heavy atom. The number of likely N-dealkylation sites (N-methyl/N-ethyl adjacent to an activating group) is 1. The van der Waals surface area contributed by atoms with Crippen molar-refractivity contribution >= 4 is 7.82 Å². The van der Waals surface area contributed by atoms with Crippen LogP contribution < -0.4 is 4.89 Å². The van der Waals surface area contributed by atoms with Crippen molar-refractivity contribution < 1.29 is 32.5 Å². The molecule has 0 amide bonds. The number of phosphoric acid groups is 1. The first kappa shape index (κ1) is 53.5. The second kappa shape index (κ2) is 39.3. The molecule has 0 aliphatic carbocycles. The molecule has 2 unspecified atom stereocenters. The van der Waals surface area contributed by atoms with Gasteiger partial charge in [-0.3, -0.25) is 4.57 Å². The van der Waals surface area contributed by atoms with Gasteiger partial charge in [-0.25, -0.2) is 0 Å². The van der Waals surface area contributed by atoms with Crippen LogP contribution >= 0.6 is 7.82 Å². The van der Waals surface area contributed by atoms with Gasteiger partial charge in [-0.2, -0.15) is 0 Å². The highest BCUT2D eigenvalue weighted by atomic mass is 31.2. The van der Waals surface area contributed by atoms with Crippen molar-refractivity contribution in [3.63, 3.8) is 0 Å². The van der Waals surface area contributed by atoms with Gasteiger partial charge in [0.05, 0.1) is 34.4 Å². The Morgan fingerprint density at radius 1 is 0.519 bits per heavy atom. The molecular weight excluding hydrogens is 693 g/mol. The number of allylic oxidation sites excluding steroid dienone is 4. The van der Waals surface area contributed by atoms with Crippen molar-refractivity contribution in [3.8, 4) is 0 Å². The van der Waals surface area contributed by atoms with Gasteiger partial charge in [-0.15, -0.1) is 0 Å². The first-order chi connectivity index (χ1) is 26.1. The second-order valence-corrected chi connectivity index (χ2v) is 18.2. The third-order valence-corrected chi connectivity index (χ3v) is 11.0. The van der Waals surface area contributed by atoms with Crippen molar-refractivity contribution in [2.45, 2.75) is 219 Å². The molecule has 0 radical (unpaired) electrons. The Labute approximate surface area is 337 Å². The number of nitrogens with zero attached hydrogens (tertiary/aromatic N) is 1. The number of rotatable bonds is 43. The fourth-order valence-electron chi connectivity index (χ4n) is 6.65. The maximum atomic E-state index is 12.7. The zero-order valence-electron chi connectivity index (χ0n) is 36.8. The van der Waals surface area contributed by atoms with Crippen molar-refractivity contribution in [2.24, 2.45) is 0 Å². The van der Waals surface area contributed by atoms with Gasteiger partial charge >= 0.3 is 0 Å². The average molecular weight is 786 g/mol. The zero-order chi connectivity index (χ0) is 39.9. The lowest BCUT2D eigenvalue weighted by Crippen LogP contribution is -2.42. The number of phosphoric ester groups is 1. The molecule has 0 aromatic heterocycles. The van der Waals surface area contributed by atoms with Gasteiger partial charge in [0.25, 0.3) is 7.82 Å². The summed E-state index contributed by atoms with van der Waals surface area (Å²) in [6.45, 7) is 8.54. The minimum atomic E-state index is -4.47. The molecule has 0 spiro atoms. The topological polar surface area (TPSA) is 77.1 Å². The lowest BCUT2D eigenvalue weighted by molar-refractivity contribution is -0.873. The molecule has 0 N–H and O–H groups in total. The van der Waals surface area contributed by atoms with Crippen LogP contribution in [0, 0.1) is 0 Å². The summed E-state index contributed by atoms with van der Waals surface area (Å²) in [4.78, 5) is 12.7. The normalized spacial score (nSPS) is 14.7. The number of quaternary nitrogens is 1. The van der Waals surface area contributed by atoms with E-state index in [4.69, 9.17) is 18.5 Å². The van der Waals surface area contributed by atoms with Gasteiger partial charge < -0.3 is 27.9 Å². The summed E-state index contributed by atoms with van der Waals surface area (Å²) < 4.78 is 36.3. The van der Waals surface area contributed by atoms with E-state index in [9.17, 15) is 9.46 Å². The quantitative estimate of drug-likeness (QED) is 0.0265. The second-order valence-electron chi connectivity index (χ2n) is 16.8. The summed E-state index contributed by atoms with van der Waals surface area (Å²) in [5, 5.41) is 0. The third-order valence-electron chi connectivity index (χ3n) is 10.0. The summed E-state index contributed by atoms with van der Waals surface area (Å²) in [6.07, 6.45) is 44.8. The molecule has 3 atom stereocenters. The Morgan fingerprint density at radius 3 is 1.31 bits per heavy atom. The standard InChI is InChI=1S/C46H92NO6P/c1-7-10-12-14-16-18-20-22-24-26-28-30-32-34-36-38-40-50-43-46(44-52-54(48,49)53-45(9-3)42-47(4,5)6)51-41-39-37-35-33-31-29-27-25-23-21-19-17-15-13-11-8-2/h22-25,45-46H,7-21,26-44H2,1-6H3/b24-22-,25-23-/t45?,46-/m1/s1. The van der Waals surface area contributed by atoms with Crippen LogP contribution in [0.5, 0.6) is 0 Å². The van der Waals surface area contributed by atoms with Crippen LogP contribution in [0.15, 0.2) is 24.3 Å². The van der Waals surface area contributed by atoms with E-state index in [0.29, 0.717) is 37.3 Å². The van der Waals surface area contributed by atoms with Crippen LogP contribution in [0.4, 0.5) is 0 Å². The maximum absolute atomic E-state index is 12.7. The summed E-state index contributed by atoms with van der Waals surface area (Å²) in [6, 6.07) is 0. The predicted molar refractivity (Wildman–Crippen MR) is 231 cm³/mol. The monoisotopic (exact) mass is 786 g/mol. The summed E-state index contributed by atoms with van der Waals surface area (Å²) >= 11 is 0. The number of hydrogen-bond acceptors (Lipinski definition) is 6. The summed E-state index contributed by atoms with van der Waals surface area (Å²) in [7, 11) is 1.61. The number of unbranched alkanes of at least 4 members (excludes halogenated alkanes) is 24. The molecule has 0 bridgehead atoms. The smallest absolute Gasteiger partial charge is 0.268 e. The molecule has 0 aromatic rings. The number of hydrogen-bond donors (Lipinski definition) is 0. The Bertz CT molecular complexity index is 876. The number of ether oxygens (including phenoxy) is 2. The van der Waals surface area contributed by atoms with Gasteiger partial charge in [0.15, 0.2) is 0 Å². The maximum Gasteiger partial charge on any atom is 0.268 e. The van der Waals surface area contributed by atoms with E-state index in [1.807, 2.05) is 28.1 Å². The Kier molecular flexibility index (Phi) is 38.9. The van der Waals surface area contributed by atoms with Gasteiger partial charge in [-0.1, -0.05) is 161 Å². The lowest BCUT2D eigenvalue weighted by atomic mass is 10.1. The minimum absolute atomic E-state index is 0.0820. The fraction of sp³-hybridized carbons (Fsp3) is 0.913. The van der Waals surface area contributed by atoms with Crippen molar-refractivity contribution in [1.29, 1.82) is 0 Å². The zero-order valence-corrected chi connectivity index (χ0v) is 37.7. The molecule has 8 heteroatoms. The van der Waals surface area contributed by atoms with Crippen LogP contribution in [0.3, 0.4) is 0 Å². The van der Waals surface area contributed by atoms with E-state index in [2.05, 4.69) is 38.2 Å².